The molecule has 0 amide bonds. The van der Waals surface area contributed by atoms with E-state index in [-0.39, 0.29) is 12.4 Å². The Morgan fingerprint density at radius 1 is 1.35 bits per heavy atom. The minimum atomic E-state index is -4.57. The number of alkyl halides is 3. The minimum absolute atomic E-state index is 0.0259. The molecule has 0 N–H and O–H groups in total. The SMILES string of the molecule is Cc1cc2n(n1)CCN(Cc1nc(C(F)(F)F)no1)C2. The van der Waals surface area contributed by atoms with Gasteiger partial charge in [0.25, 0.3) is 5.82 Å². The van der Waals surface area contributed by atoms with Gasteiger partial charge in [-0.3, -0.25) is 9.58 Å². The molecule has 0 radical (unpaired) electrons. The molecular formula is C11H12F3N5O. The molecule has 3 heterocycles. The van der Waals surface area contributed by atoms with Crippen LogP contribution in [0.1, 0.15) is 23.1 Å². The molecule has 20 heavy (non-hydrogen) atoms. The third-order valence-corrected chi connectivity index (χ3v) is 3.08. The molecule has 0 spiro atoms. The summed E-state index contributed by atoms with van der Waals surface area (Å²) >= 11 is 0. The summed E-state index contributed by atoms with van der Waals surface area (Å²) in [5, 5.41) is 7.26. The molecule has 1 aliphatic heterocycles. The lowest BCUT2D eigenvalue weighted by atomic mass is 10.3. The lowest BCUT2D eigenvalue weighted by Crippen LogP contribution is -2.33. The van der Waals surface area contributed by atoms with Gasteiger partial charge in [-0.05, 0) is 13.0 Å². The van der Waals surface area contributed by atoms with Gasteiger partial charge in [0.05, 0.1) is 24.5 Å². The zero-order chi connectivity index (χ0) is 14.3. The van der Waals surface area contributed by atoms with Crippen LogP contribution in [0.15, 0.2) is 10.6 Å². The first kappa shape index (κ1) is 13.1. The van der Waals surface area contributed by atoms with Crippen LogP contribution in [0.3, 0.4) is 0 Å². The van der Waals surface area contributed by atoms with Crippen LogP contribution >= 0.6 is 0 Å². The van der Waals surface area contributed by atoms with E-state index in [1.54, 1.807) is 0 Å². The van der Waals surface area contributed by atoms with Crippen molar-refractivity contribution >= 4 is 0 Å². The average molecular weight is 287 g/mol. The van der Waals surface area contributed by atoms with E-state index in [9.17, 15) is 13.2 Å². The van der Waals surface area contributed by atoms with E-state index >= 15 is 0 Å². The Balaban J connectivity index is 1.69. The van der Waals surface area contributed by atoms with Crippen molar-refractivity contribution in [3.63, 3.8) is 0 Å². The van der Waals surface area contributed by atoms with Crippen molar-refractivity contribution in [3.05, 3.63) is 29.2 Å². The Morgan fingerprint density at radius 2 is 2.15 bits per heavy atom. The second-order valence-electron chi connectivity index (χ2n) is 4.72. The smallest absolute Gasteiger partial charge is 0.338 e. The molecule has 0 bridgehead atoms. The topological polar surface area (TPSA) is 60.0 Å². The molecule has 0 aliphatic carbocycles. The van der Waals surface area contributed by atoms with Crippen molar-refractivity contribution in [1.29, 1.82) is 0 Å². The predicted octanol–water partition coefficient (Wildman–Crippen LogP) is 1.61. The quantitative estimate of drug-likeness (QED) is 0.839. The number of halogens is 3. The van der Waals surface area contributed by atoms with Crippen molar-refractivity contribution in [2.24, 2.45) is 0 Å². The second-order valence-corrected chi connectivity index (χ2v) is 4.72. The zero-order valence-corrected chi connectivity index (χ0v) is 10.7. The fraction of sp³-hybridized carbons (Fsp3) is 0.545. The van der Waals surface area contributed by atoms with Crippen LogP contribution in [0.4, 0.5) is 13.2 Å². The van der Waals surface area contributed by atoms with Gasteiger partial charge in [-0.15, -0.1) is 0 Å². The van der Waals surface area contributed by atoms with Crippen molar-refractivity contribution in [2.75, 3.05) is 6.54 Å². The fourth-order valence-corrected chi connectivity index (χ4v) is 2.22. The van der Waals surface area contributed by atoms with Crippen LogP contribution in [0.25, 0.3) is 0 Å². The Labute approximate surface area is 112 Å². The number of aromatic nitrogens is 4. The van der Waals surface area contributed by atoms with E-state index in [0.717, 1.165) is 11.4 Å². The summed E-state index contributed by atoms with van der Waals surface area (Å²) in [7, 11) is 0. The summed E-state index contributed by atoms with van der Waals surface area (Å²) in [6.45, 7) is 4.09. The number of nitrogens with zero attached hydrogens (tertiary/aromatic N) is 5. The monoisotopic (exact) mass is 287 g/mol. The first-order valence-electron chi connectivity index (χ1n) is 6.07. The van der Waals surface area contributed by atoms with Crippen LogP contribution in [0, 0.1) is 6.92 Å². The van der Waals surface area contributed by atoms with E-state index in [2.05, 4.69) is 19.8 Å². The maximum absolute atomic E-state index is 12.4. The average Bonchev–Trinajstić information content (AvgIpc) is 2.93. The summed E-state index contributed by atoms with van der Waals surface area (Å²) in [6, 6.07) is 1.96. The lowest BCUT2D eigenvalue weighted by Gasteiger charge is -2.25. The van der Waals surface area contributed by atoms with E-state index in [1.807, 2.05) is 22.6 Å². The summed E-state index contributed by atoms with van der Waals surface area (Å²) in [4.78, 5) is 5.32. The minimum Gasteiger partial charge on any atom is -0.338 e. The molecule has 0 saturated heterocycles. The van der Waals surface area contributed by atoms with Gasteiger partial charge in [-0.2, -0.15) is 23.3 Å². The largest absolute Gasteiger partial charge is 0.455 e. The third-order valence-electron chi connectivity index (χ3n) is 3.08. The summed E-state index contributed by atoms with van der Waals surface area (Å²) in [5.74, 6) is -1.26. The Bertz CT molecular complexity index is 618. The van der Waals surface area contributed by atoms with Gasteiger partial charge in [-0.1, -0.05) is 5.16 Å². The number of hydrogen-bond acceptors (Lipinski definition) is 5. The summed E-state index contributed by atoms with van der Waals surface area (Å²) in [6.07, 6.45) is -4.57. The molecule has 0 aromatic carbocycles. The summed E-state index contributed by atoms with van der Waals surface area (Å²) < 4.78 is 43.7. The van der Waals surface area contributed by atoms with Gasteiger partial charge < -0.3 is 4.52 Å². The Hall–Kier alpha value is -1.90. The zero-order valence-electron chi connectivity index (χ0n) is 10.7. The molecular weight excluding hydrogens is 275 g/mol. The normalized spacial score (nSPS) is 16.4. The highest BCUT2D eigenvalue weighted by Crippen LogP contribution is 2.26. The van der Waals surface area contributed by atoms with Crippen LogP contribution < -0.4 is 0 Å². The molecule has 108 valence electrons. The summed E-state index contributed by atoms with van der Waals surface area (Å²) in [5.41, 5.74) is 1.96. The van der Waals surface area contributed by atoms with Gasteiger partial charge in [0.1, 0.15) is 0 Å². The number of aryl methyl sites for hydroxylation is 1. The number of rotatable bonds is 2. The van der Waals surface area contributed by atoms with Crippen molar-refractivity contribution in [1.82, 2.24) is 24.8 Å². The Morgan fingerprint density at radius 3 is 2.85 bits per heavy atom. The van der Waals surface area contributed by atoms with Gasteiger partial charge >= 0.3 is 6.18 Å². The first-order valence-corrected chi connectivity index (χ1v) is 6.07. The standard InChI is InChI=1S/C11H12F3N5O/c1-7-4-8-5-18(2-3-19(8)16-7)6-9-15-10(17-20-9)11(12,13)14/h4H,2-3,5-6H2,1H3. The van der Waals surface area contributed by atoms with E-state index in [1.165, 1.54) is 0 Å². The van der Waals surface area contributed by atoms with Crippen LogP contribution in [0.5, 0.6) is 0 Å². The van der Waals surface area contributed by atoms with Crippen molar-refractivity contribution in [2.45, 2.75) is 32.7 Å². The lowest BCUT2D eigenvalue weighted by molar-refractivity contribution is -0.146. The van der Waals surface area contributed by atoms with E-state index in [0.29, 0.717) is 19.6 Å². The molecule has 0 atom stereocenters. The number of fused-ring (bicyclic) bond motifs is 1. The highest BCUT2D eigenvalue weighted by molar-refractivity contribution is 5.10. The van der Waals surface area contributed by atoms with E-state index < -0.39 is 12.0 Å². The fourth-order valence-electron chi connectivity index (χ4n) is 2.22. The molecule has 6 nitrogen and oxygen atoms in total. The molecule has 9 heteroatoms. The van der Waals surface area contributed by atoms with Gasteiger partial charge in [0.15, 0.2) is 0 Å². The number of hydrogen-bond donors (Lipinski definition) is 0. The van der Waals surface area contributed by atoms with E-state index in [4.69, 9.17) is 0 Å². The van der Waals surface area contributed by atoms with Crippen LogP contribution in [-0.4, -0.2) is 31.4 Å². The molecule has 0 unspecified atom stereocenters. The van der Waals surface area contributed by atoms with Crippen molar-refractivity contribution < 1.29 is 17.7 Å². The molecule has 3 rings (SSSR count). The second kappa shape index (κ2) is 4.58. The molecule has 2 aromatic heterocycles. The molecule has 1 aliphatic rings. The molecule has 0 saturated carbocycles. The maximum atomic E-state index is 12.4. The third kappa shape index (κ3) is 2.53. The van der Waals surface area contributed by atoms with Gasteiger partial charge in [0.2, 0.25) is 5.89 Å². The first-order chi connectivity index (χ1) is 9.41. The van der Waals surface area contributed by atoms with Gasteiger partial charge in [0, 0.05) is 13.1 Å². The highest BCUT2D eigenvalue weighted by atomic mass is 19.4. The molecule has 2 aromatic rings. The predicted molar refractivity (Wildman–Crippen MR) is 60.4 cm³/mol. The molecule has 0 fully saturated rings. The van der Waals surface area contributed by atoms with Crippen molar-refractivity contribution in [3.8, 4) is 0 Å². The highest BCUT2D eigenvalue weighted by Gasteiger charge is 2.37. The van der Waals surface area contributed by atoms with Crippen LogP contribution in [0.2, 0.25) is 0 Å². The maximum Gasteiger partial charge on any atom is 0.455 e. The van der Waals surface area contributed by atoms with Gasteiger partial charge in [-0.25, -0.2) is 0 Å². The Kier molecular flexibility index (Phi) is 3.00. The van der Waals surface area contributed by atoms with Crippen LogP contribution in [-0.2, 0) is 25.8 Å².